The van der Waals surface area contributed by atoms with Crippen LogP contribution in [0.4, 0.5) is 0 Å². The van der Waals surface area contributed by atoms with E-state index < -0.39 is 0 Å². The molecule has 2 saturated heterocycles. The molecule has 2 aliphatic heterocycles. The zero-order chi connectivity index (χ0) is 20.2. The number of rotatable bonds is 9. The molecule has 0 spiro atoms. The molecule has 0 bridgehead atoms. The van der Waals surface area contributed by atoms with Crippen LogP contribution in [0.5, 0.6) is 0 Å². The minimum absolute atomic E-state index is 0. The van der Waals surface area contributed by atoms with Crippen LogP contribution in [0, 0.1) is 11.8 Å². The lowest BCUT2D eigenvalue weighted by Crippen LogP contribution is -2.45. The zero-order valence-electron chi connectivity index (χ0n) is 17.5. The first-order valence-corrected chi connectivity index (χ1v) is 10.7. The van der Waals surface area contributed by atoms with Crippen molar-refractivity contribution in [3.8, 4) is 0 Å². The van der Waals surface area contributed by atoms with Gasteiger partial charge in [-0.25, -0.2) is 0 Å². The second kappa shape index (κ2) is 14.4. The van der Waals surface area contributed by atoms with E-state index in [1.165, 1.54) is 0 Å². The normalized spacial score (nSPS) is 20.2. The van der Waals surface area contributed by atoms with Gasteiger partial charge in [0, 0.05) is 19.6 Å². The molecule has 0 aromatic carbocycles. The van der Waals surface area contributed by atoms with Gasteiger partial charge in [0.05, 0.1) is 18.9 Å². The largest absolute Gasteiger partial charge is 0.466 e. The predicted octanol–water partition coefficient (Wildman–Crippen LogP) is 2.05. The molecule has 0 aromatic rings. The van der Waals surface area contributed by atoms with Crippen LogP contribution < -0.4 is 10.6 Å². The Morgan fingerprint density at radius 1 is 1.21 bits per heavy atom. The third-order valence-electron chi connectivity index (χ3n) is 5.39. The molecular formula is C21H36ClN3O4. The quantitative estimate of drug-likeness (QED) is 0.332. The van der Waals surface area contributed by atoms with Crippen molar-refractivity contribution in [2.75, 3.05) is 39.3 Å². The molecule has 7 nitrogen and oxygen atoms in total. The van der Waals surface area contributed by atoms with Crippen LogP contribution >= 0.6 is 12.4 Å². The number of halogens is 1. The summed E-state index contributed by atoms with van der Waals surface area (Å²) in [6, 6.07) is 0. The van der Waals surface area contributed by atoms with Gasteiger partial charge in [-0.2, -0.15) is 0 Å². The molecule has 2 heterocycles. The van der Waals surface area contributed by atoms with Gasteiger partial charge in [-0.15, -0.1) is 12.4 Å². The van der Waals surface area contributed by atoms with E-state index in [9.17, 15) is 14.4 Å². The standard InChI is InChI=1S/C21H35N3O4.ClH/c1-2-3-15-28-20(26)10-13-23-21(27)18-5-4-14-24(16-18)19(25)7-6-17-8-11-22-12-9-17;/h6-7,17-18,22H,2-5,8-16H2,1H3,(H,23,27);1H/b7-6+;/t18-;/m1./s1. The van der Waals surface area contributed by atoms with Crippen molar-refractivity contribution in [1.29, 1.82) is 0 Å². The van der Waals surface area contributed by atoms with Gasteiger partial charge in [-0.3, -0.25) is 14.4 Å². The average molecular weight is 430 g/mol. The van der Waals surface area contributed by atoms with E-state index in [4.69, 9.17) is 4.74 Å². The predicted molar refractivity (Wildman–Crippen MR) is 115 cm³/mol. The fourth-order valence-electron chi connectivity index (χ4n) is 3.59. The number of likely N-dealkylation sites (tertiary alicyclic amines) is 1. The number of hydrogen-bond acceptors (Lipinski definition) is 5. The molecule has 1 atom stereocenters. The second-order valence-electron chi connectivity index (χ2n) is 7.69. The Hall–Kier alpha value is -1.60. The lowest BCUT2D eigenvalue weighted by Gasteiger charge is -2.31. The SMILES string of the molecule is CCCCOC(=O)CCNC(=O)[C@@H]1CCCN(C(=O)/C=C/C2CCNCC2)C1.Cl. The Bertz CT molecular complexity index is 550. The van der Waals surface area contributed by atoms with Crippen molar-refractivity contribution in [1.82, 2.24) is 15.5 Å². The summed E-state index contributed by atoms with van der Waals surface area (Å²) < 4.78 is 5.08. The number of nitrogens with zero attached hydrogens (tertiary/aromatic N) is 1. The maximum absolute atomic E-state index is 12.5. The number of nitrogens with one attached hydrogen (secondary N) is 2. The molecule has 166 valence electrons. The zero-order valence-corrected chi connectivity index (χ0v) is 18.3. The summed E-state index contributed by atoms with van der Waals surface area (Å²) in [6.45, 7) is 5.90. The Labute approximate surface area is 180 Å². The average Bonchev–Trinajstić information content (AvgIpc) is 2.73. The van der Waals surface area contributed by atoms with Crippen molar-refractivity contribution >= 4 is 30.2 Å². The highest BCUT2D eigenvalue weighted by Crippen LogP contribution is 2.18. The van der Waals surface area contributed by atoms with Gasteiger partial charge in [-0.1, -0.05) is 19.4 Å². The fourth-order valence-corrected chi connectivity index (χ4v) is 3.59. The van der Waals surface area contributed by atoms with E-state index >= 15 is 0 Å². The minimum Gasteiger partial charge on any atom is -0.466 e. The molecule has 8 heteroatoms. The number of unbranched alkanes of at least 4 members (excludes halogenated alkanes) is 1. The van der Waals surface area contributed by atoms with Crippen LogP contribution in [-0.2, 0) is 19.1 Å². The lowest BCUT2D eigenvalue weighted by atomic mass is 9.96. The highest BCUT2D eigenvalue weighted by molar-refractivity contribution is 5.88. The Morgan fingerprint density at radius 2 is 1.97 bits per heavy atom. The molecule has 0 aromatic heterocycles. The minimum atomic E-state index is -0.280. The molecule has 2 rings (SSSR count). The number of amides is 2. The summed E-state index contributed by atoms with van der Waals surface area (Å²) in [7, 11) is 0. The van der Waals surface area contributed by atoms with Crippen LogP contribution in [-0.4, -0.2) is 62.0 Å². The lowest BCUT2D eigenvalue weighted by molar-refractivity contribution is -0.143. The molecule has 0 unspecified atom stereocenters. The second-order valence-corrected chi connectivity index (χ2v) is 7.69. The summed E-state index contributed by atoms with van der Waals surface area (Å²) in [6.07, 6.45) is 9.46. The van der Waals surface area contributed by atoms with E-state index in [0.29, 0.717) is 25.6 Å². The molecule has 0 radical (unpaired) electrons. The van der Waals surface area contributed by atoms with Gasteiger partial charge >= 0.3 is 5.97 Å². The molecule has 0 aliphatic carbocycles. The summed E-state index contributed by atoms with van der Waals surface area (Å²) in [5, 5.41) is 6.13. The molecule has 29 heavy (non-hydrogen) atoms. The summed E-state index contributed by atoms with van der Waals surface area (Å²) in [5.74, 6) is -0.110. The smallest absolute Gasteiger partial charge is 0.307 e. The third kappa shape index (κ3) is 9.63. The van der Waals surface area contributed by atoms with Crippen LogP contribution in [0.1, 0.15) is 51.9 Å². The Morgan fingerprint density at radius 3 is 2.69 bits per heavy atom. The van der Waals surface area contributed by atoms with Crippen LogP contribution in [0.25, 0.3) is 0 Å². The van der Waals surface area contributed by atoms with E-state index in [0.717, 1.165) is 51.6 Å². The van der Waals surface area contributed by atoms with Crippen LogP contribution in [0.15, 0.2) is 12.2 Å². The van der Waals surface area contributed by atoms with Crippen LogP contribution in [0.2, 0.25) is 0 Å². The van der Waals surface area contributed by atoms with E-state index in [1.54, 1.807) is 11.0 Å². The van der Waals surface area contributed by atoms with Crippen LogP contribution in [0.3, 0.4) is 0 Å². The van der Waals surface area contributed by atoms with Crippen molar-refractivity contribution in [2.24, 2.45) is 11.8 Å². The van der Waals surface area contributed by atoms with E-state index in [-0.39, 0.29) is 49.1 Å². The first-order valence-electron chi connectivity index (χ1n) is 10.7. The van der Waals surface area contributed by atoms with Gasteiger partial charge in [0.1, 0.15) is 0 Å². The third-order valence-corrected chi connectivity index (χ3v) is 5.39. The first-order chi connectivity index (χ1) is 13.6. The molecule has 2 amide bonds. The van der Waals surface area contributed by atoms with Gasteiger partial charge in [-0.05, 0) is 57.2 Å². The summed E-state index contributed by atoms with van der Waals surface area (Å²) >= 11 is 0. The van der Waals surface area contributed by atoms with E-state index in [2.05, 4.69) is 10.6 Å². The molecule has 2 aliphatic rings. The fraction of sp³-hybridized carbons (Fsp3) is 0.762. The summed E-state index contributed by atoms with van der Waals surface area (Å²) in [4.78, 5) is 38.2. The molecule has 0 saturated carbocycles. The molecular weight excluding hydrogens is 394 g/mol. The number of carbonyl (C=O) groups excluding carboxylic acids is 3. The Balaban J connectivity index is 0.00000420. The first kappa shape index (κ1) is 25.4. The maximum atomic E-state index is 12.5. The number of esters is 1. The highest BCUT2D eigenvalue weighted by Gasteiger charge is 2.27. The number of piperidine rings is 2. The number of allylic oxidation sites excluding steroid dienone is 1. The molecule has 2 fully saturated rings. The number of hydrogen-bond donors (Lipinski definition) is 2. The maximum Gasteiger partial charge on any atom is 0.307 e. The number of ether oxygens (including phenoxy) is 1. The topological polar surface area (TPSA) is 87.7 Å². The molecule has 2 N–H and O–H groups in total. The van der Waals surface area contributed by atoms with Crippen molar-refractivity contribution in [3.05, 3.63) is 12.2 Å². The highest BCUT2D eigenvalue weighted by atomic mass is 35.5. The van der Waals surface area contributed by atoms with E-state index in [1.807, 2.05) is 13.0 Å². The van der Waals surface area contributed by atoms with Crippen molar-refractivity contribution < 1.29 is 19.1 Å². The van der Waals surface area contributed by atoms with Crippen molar-refractivity contribution in [3.63, 3.8) is 0 Å². The van der Waals surface area contributed by atoms with Gasteiger partial charge < -0.3 is 20.3 Å². The number of carbonyl (C=O) groups is 3. The van der Waals surface area contributed by atoms with Gasteiger partial charge in [0.15, 0.2) is 0 Å². The van der Waals surface area contributed by atoms with Gasteiger partial charge in [0.2, 0.25) is 11.8 Å². The Kier molecular flexibility index (Phi) is 12.6. The van der Waals surface area contributed by atoms with Crippen molar-refractivity contribution in [2.45, 2.75) is 51.9 Å². The monoisotopic (exact) mass is 429 g/mol. The summed E-state index contributed by atoms with van der Waals surface area (Å²) in [5.41, 5.74) is 0. The van der Waals surface area contributed by atoms with Gasteiger partial charge in [0.25, 0.3) is 0 Å².